The first kappa shape index (κ1) is 19.0. The van der Waals surface area contributed by atoms with Gasteiger partial charge in [-0.3, -0.25) is 0 Å². The van der Waals surface area contributed by atoms with Crippen LogP contribution in [0, 0.1) is 6.92 Å². The molecule has 2 aromatic rings. The van der Waals surface area contributed by atoms with Gasteiger partial charge in [-0.2, -0.15) is 5.10 Å². The van der Waals surface area contributed by atoms with Crippen LogP contribution >= 0.6 is 11.3 Å². The number of rotatable bonds is 4. The molecule has 2 aromatic heterocycles. The van der Waals surface area contributed by atoms with Crippen molar-refractivity contribution in [3.63, 3.8) is 0 Å². The number of piperidine rings is 1. The topological polar surface area (TPSA) is 72.4 Å². The summed E-state index contributed by atoms with van der Waals surface area (Å²) in [6.07, 6.45) is 2.96. The summed E-state index contributed by atoms with van der Waals surface area (Å²) in [6.45, 7) is 5.57. The molecule has 0 saturated carbocycles. The lowest BCUT2D eigenvalue weighted by Crippen LogP contribution is -2.48. The van der Waals surface area contributed by atoms with E-state index in [4.69, 9.17) is 4.74 Å². The Hall–Kier alpha value is -1.35. The van der Waals surface area contributed by atoms with Gasteiger partial charge >= 0.3 is 0 Å². The Morgan fingerprint density at radius 3 is 2.70 bits per heavy atom. The molecule has 0 bridgehead atoms. The van der Waals surface area contributed by atoms with Crippen molar-refractivity contribution in [3.8, 4) is 10.6 Å². The molecule has 0 unspecified atom stereocenters. The predicted molar refractivity (Wildman–Crippen MR) is 106 cm³/mol. The van der Waals surface area contributed by atoms with Gasteiger partial charge < -0.3 is 4.74 Å². The van der Waals surface area contributed by atoms with Crippen molar-refractivity contribution in [1.29, 1.82) is 0 Å². The van der Waals surface area contributed by atoms with Gasteiger partial charge in [0.25, 0.3) is 0 Å². The first-order valence-corrected chi connectivity index (χ1v) is 11.9. The predicted octanol–water partition coefficient (Wildman–Crippen LogP) is 3.12. The minimum Gasteiger partial charge on any atom is -0.369 e. The lowest BCUT2D eigenvalue weighted by molar-refractivity contribution is -0.0861. The maximum Gasteiger partial charge on any atom is 0.214 e. The van der Waals surface area contributed by atoms with Gasteiger partial charge in [0.15, 0.2) is 0 Å². The molecular formula is C19H25N3O3S2. The first-order chi connectivity index (χ1) is 12.9. The van der Waals surface area contributed by atoms with Crippen LogP contribution in [0.3, 0.4) is 0 Å². The van der Waals surface area contributed by atoms with Gasteiger partial charge in [-0.15, -0.1) is 16.4 Å². The van der Waals surface area contributed by atoms with Gasteiger partial charge in [0, 0.05) is 18.0 Å². The zero-order valence-electron chi connectivity index (χ0n) is 15.8. The van der Waals surface area contributed by atoms with E-state index in [1.54, 1.807) is 15.6 Å². The second-order valence-corrected chi connectivity index (χ2v) is 10.5. The summed E-state index contributed by atoms with van der Waals surface area (Å²) in [5.41, 5.74) is 2.75. The second-order valence-electron chi connectivity index (χ2n) is 7.33. The number of aromatic nitrogens is 2. The van der Waals surface area contributed by atoms with Crippen LogP contribution in [0.25, 0.3) is 10.6 Å². The van der Waals surface area contributed by atoms with E-state index in [2.05, 4.69) is 16.3 Å². The van der Waals surface area contributed by atoms with Crippen LogP contribution in [0.2, 0.25) is 0 Å². The normalized spacial score (nSPS) is 19.9. The molecule has 4 heterocycles. The molecule has 6 nitrogen and oxygen atoms in total. The lowest BCUT2D eigenvalue weighted by atomic mass is 9.86. The Morgan fingerprint density at radius 2 is 2.04 bits per heavy atom. The number of ether oxygens (including phenoxy) is 1. The minimum absolute atomic E-state index is 0.224. The van der Waals surface area contributed by atoms with Crippen LogP contribution in [0.1, 0.15) is 42.3 Å². The molecule has 8 heteroatoms. The quantitative estimate of drug-likeness (QED) is 0.779. The van der Waals surface area contributed by atoms with E-state index in [1.165, 1.54) is 10.4 Å². The highest BCUT2D eigenvalue weighted by Gasteiger charge is 2.44. The number of aryl methyl sites for hydroxylation is 1. The minimum atomic E-state index is -3.15. The van der Waals surface area contributed by atoms with Crippen LogP contribution in [-0.2, 0) is 26.8 Å². The number of nitrogens with zero attached hydrogens (tertiary/aromatic N) is 3. The zero-order chi connectivity index (χ0) is 19.1. The monoisotopic (exact) mass is 407 g/mol. The average Bonchev–Trinajstić information content (AvgIpc) is 3.09. The third-order valence-electron chi connectivity index (χ3n) is 5.41. The highest BCUT2D eigenvalue weighted by Crippen LogP contribution is 2.47. The molecule has 4 rings (SSSR count). The highest BCUT2D eigenvalue weighted by molar-refractivity contribution is 7.89. The van der Waals surface area contributed by atoms with E-state index >= 15 is 0 Å². The molecule has 0 aromatic carbocycles. The Labute approximate surface area is 164 Å². The maximum atomic E-state index is 12.4. The Bertz CT molecular complexity index is 914. The fraction of sp³-hybridized carbons (Fsp3) is 0.579. The summed E-state index contributed by atoms with van der Waals surface area (Å²) in [4.78, 5) is 2.36. The molecule has 0 N–H and O–H groups in total. The summed E-state index contributed by atoms with van der Waals surface area (Å²) >= 11 is 1.72. The van der Waals surface area contributed by atoms with Gasteiger partial charge in [-0.1, -0.05) is 6.92 Å². The summed E-state index contributed by atoms with van der Waals surface area (Å²) in [5, 5.41) is 8.49. The molecule has 0 radical (unpaired) electrons. The molecule has 2 aliphatic heterocycles. The molecule has 27 heavy (non-hydrogen) atoms. The molecule has 0 atom stereocenters. The molecule has 1 spiro atoms. The van der Waals surface area contributed by atoms with Crippen molar-refractivity contribution in [2.75, 3.05) is 25.4 Å². The molecule has 146 valence electrons. The highest BCUT2D eigenvalue weighted by atomic mass is 32.2. The molecule has 2 aliphatic rings. The van der Waals surface area contributed by atoms with Crippen LogP contribution in [-0.4, -0.2) is 48.4 Å². The number of fused-ring (bicyclic) bond motifs is 2. The van der Waals surface area contributed by atoms with Gasteiger partial charge in [0.05, 0.1) is 22.9 Å². The van der Waals surface area contributed by atoms with E-state index in [9.17, 15) is 8.42 Å². The smallest absolute Gasteiger partial charge is 0.214 e. The largest absolute Gasteiger partial charge is 0.369 e. The Kier molecular flexibility index (Phi) is 5.09. The Balaban J connectivity index is 1.60. The standard InChI is InChI=1S/C19H25N3O3S2/c1-3-12-27(23,24)22-9-7-19(8-10-22)18-15(6-11-25-19)13-17(26-18)16-5-4-14(2)20-21-16/h4-5,13H,3,6-12H2,1-2H3. The van der Waals surface area contributed by atoms with E-state index < -0.39 is 10.0 Å². The molecule has 1 saturated heterocycles. The summed E-state index contributed by atoms with van der Waals surface area (Å²) in [5.74, 6) is 0.224. The second kappa shape index (κ2) is 7.24. The van der Waals surface area contributed by atoms with Crippen LogP contribution < -0.4 is 0 Å². The number of thiophene rings is 1. The van der Waals surface area contributed by atoms with Crippen molar-refractivity contribution in [3.05, 3.63) is 34.3 Å². The molecule has 0 amide bonds. The Morgan fingerprint density at radius 1 is 1.26 bits per heavy atom. The van der Waals surface area contributed by atoms with E-state index in [0.717, 1.165) is 22.7 Å². The summed E-state index contributed by atoms with van der Waals surface area (Å²) in [7, 11) is -3.15. The lowest BCUT2D eigenvalue weighted by Gasteiger charge is -2.43. The summed E-state index contributed by atoms with van der Waals surface area (Å²) < 4.78 is 32.7. The summed E-state index contributed by atoms with van der Waals surface area (Å²) in [6, 6.07) is 6.20. The third kappa shape index (κ3) is 3.55. The van der Waals surface area contributed by atoms with Crippen molar-refractivity contribution in [1.82, 2.24) is 14.5 Å². The van der Waals surface area contributed by atoms with Gasteiger partial charge in [0.1, 0.15) is 11.3 Å². The van der Waals surface area contributed by atoms with Crippen LogP contribution in [0.5, 0.6) is 0 Å². The maximum absolute atomic E-state index is 12.4. The van der Waals surface area contributed by atoms with E-state index in [1.807, 2.05) is 26.0 Å². The SMILES string of the molecule is CCCS(=O)(=O)N1CCC2(CC1)OCCc1cc(-c3ccc(C)nn3)sc12. The van der Waals surface area contributed by atoms with E-state index in [-0.39, 0.29) is 11.4 Å². The molecule has 1 fully saturated rings. The van der Waals surface area contributed by atoms with Gasteiger partial charge in [-0.05, 0) is 56.4 Å². The number of hydrogen-bond acceptors (Lipinski definition) is 6. The van der Waals surface area contributed by atoms with Crippen molar-refractivity contribution in [2.45, 2.75) is 45.1 Å². The fourth-order valence-corrected chi connectivity index (χ4v) is 6.85. The zero-order valence-corrected chi connectivity index (χ0v) is 17.4. The first-order valence-electron chi connectivity index (χ1n) is 9.49. The third-order valence-corrected chi connectivity index (χ3v) is 8.87. The van der Waals surface area contributed by atoms with Crippen molar-refractivity contribution in [2.24, 2.45) is 0 Å². The van der Waals surface area contributed by atoms with Gasteiger partial charge in [-0.25, -0.2) is 12.7 Å². The fourth-order valence-electron chi connectivity index (χ4n) is 3.96. The van der Waals surface area contributed by atoms with Crippen LogP contribution in [0.15, 0.2) is 18.2 Å². The number of sulfonamides is 1. The van der Waals surface area contributed by atoms with E-state index in [0.29, 0.717) is 39.0 Å². The van der Waals surface area contributed by atoms with Gasteiger partial charge in [0.2, 0.25) is 10.0 Å². The molecular weight excluding hydrogens is 382 g/mol. The average molecular weight is 408 g/mol. The molecule has 0 aliphatic carbocycles. The van der Waals surface area contributed by atoms with Crippen molar-refractivity contribution >= 4 is 21.4 Å². The van der Waals surface area contributed by atoms with Crippen molar-refractivity contribution < 1.29 is 13.2 Å². The number of hydrogen-bond donors (Lipinski definition) is 0. The van der Waals surface area contributed by atoms with Crippen LogP contribution in [0.4, 0.5) is 0 Å².